The van der Waals surface area contributed by atoms with Gasteiger partial charge in [-0.3, -0.25) is 0 Å². The van der Waals surface area contributed by atoms with E-state index in [1.807, 2.05) is 0 Å². The minimum atomic E-state index is -4.56. The number of nitriles is 1. The van der Waals surface area contributed by atoms with Gasteiger partial charge in [-0.25, -0.2) is 17.6 Å². The third-order valence-electron chi connectivity index (χ3n) is 6.02. The Hall–Kier alpha value is -2.95. The highest BCUT2D eigenvalue weighted by molar-refractivity contribution is 5.42. The molecule has 0 heterocycles. The lowest BCUT2D eigenvalue weighted by atomic mass is 9.78. The van der Waals surface area contributed by atoms with Crippen LogP contribution in [0.3, 0.4) is 0 Å². The smallest absolute Gasteiger partial charge is 0.429 e. The number of halogens is 6. The van der Waals surface area contributed by atoms with Crippen molar-refractivity contribution in [3.8, 4) is 11.8 Å². The van der Waals surface area contributed by atoms with E-state index < -0.39 is 46.3 Å². The van der Waals surface area contributed by atoms with Crippen LogP contribution in [0.15, 0.2) is 30.9 Å². The van der Waals surface area contributed by atoms with Gasteiger partial charge >= 0.3 is 6.11 Å². The van der Waals surface area contributed by atoms with E-state index in [1.54, 1.807) is 13.0 Å². The molecule has 0 N–H and O–H groups in total. The summed E-state index contributed by atoms with van der Waals surface area (Å²) in [6.07, 6.45) is 1.11. The van der Waals surface area contributed by atoms with Crippen molar-refractivity contribution in [1.82, 2.24) is 0 Å². The van der Waals surface area contributed by atoms with Crippen LogP contribution in [0.1, 0.15) is 79.5 Å². The number of alkyl halides is 2. The zero-order valence-corrected chi connectivity index (χ0v) is 18.0. The molecule has 0 amide bonds. The van der Waals surface area contributed by atoms with Crippen molar-refractivity contribution in [3.63, 3.8) is 0 Å². The Morgan fingerprint density at radius 3 is 2.24 bits per heavy atom. The molecule has 0 radical (unpaired) electrons. The van der Waals surface area contributed by atoms with Crippen molar-refractivity contribution in [2.45, 2.75) is 63.4 Å². The van der Waals surface area contributed by atoms with Crippen molar-refractivity contribution in [3.05, 3.63) is 76.4 Å². The number of hydrogen-bond donors (Lipinski definition) is 0. The number of ether oxygens (including phenoxy) is 1. The molecule has 1 fully saturated rings. The van der Waals surface area contributed by atoms with Crippen LogP contribution in [0.25, 0.3) is 0 Å². The lowest BCUT2D eigenvalue weighted by Crippen LogP contribution is -2.27. The third kappa shape index (κ3) is 5.02. The van der Waals surface area contributed by atoms with Crippen LogP contribution >= 0.6 is 0 Å². The molecular weight excluding hydrogens is 444 g/mol. The van der Waals surface area contributed by atoms with Gasteiger partial charge < -0.3 is 4.74 Å². The first-order valence-electron chi connectivity index (χ1n) is 10.7. The molecule has 1 atom stereocenters. The number of allylic oxidation sites excluding steroid dienone is 1. The van der Waals surface area contributed by atoms with Crippen molar-refractivity contribution in [1.29, 1.82) is 5.26 Å². The molecule has 176 valence electrons. The first-order valence-corrected chi connectivity index (χ1v) is 10.7. The molecule has 0 saturated heterocycles. The van der Waals surface area contributed by atoms with Crippen molar-refractivity contribution in [2.24, 2.45) is 0 Å². The average Bonchev–Trinajstić information content (AvgIpc) is 2.73. The van der Waals surface area contributed by atoms with Crippen LogP contribution in [0.2, 0.25) is 0 Å². The standard InChI is InChI=1S/C25H23F6NO/c1-3-7-14(2)17-12-21(28)23(24(29)22(17)15-8-5-4-6-9-15)25(30,31)33-16-10-19(26)18(13-32)20(27)11-16/h3,10-12,14-15H,1,4-9H2,2H3. The highest BCUT2D eigenvalue weighted by Gasteiger charge is 2.44. The van der Waals surface area contributed by atoms with E-state index in [0.29, 0.717) is 37.0 Å². The van der Waals surface area contributed by atoms with Crippen LogP contribution in [-0.2, 0) is 6.11 Å². The molecule has 1 saturated carbocycles. The largest absolute Gasteiger partial charge is 0.432 e. The maximum absolute atomic E-state index is 15.6. The minimum Gasteiger partial charge on any atom is -0.429 e. The van der Waals surface area contributed by atoms with Gasteiger partial charge in [0.15, 0.2) is 0 Å². The quantitative estimate of drug-likeness (QED) is 0.306. The number of benzene rings is 2. The summed E-state index contributed by atoms with van der Waals surface area (Å²) in [5.41, 5.74) is -2.27. The van der Waals surface area contributed by atoms with E-state index >= 15 is 13.2 Å². The fraction of sp³-hybridized carbons (Fsp3) is 0.400. The van der Waals surface area contributed by atoms with Gasteiger partial charge in [-0.05, 0) is 48.3 Å². The van der Waals surface area contributed by atoms with E-state index in [1.165, 1.54) is 6.07 Å². The highest BCUT2D eigenvalue weighted by atomic mass is 19.3. The van der Waals surface area contributed by atoms with Crippen molar-refractivity contribution >= 4 is 0 Å². The average molecular weight is 467 g/mol. The Balaban J connectivity index is 2.11. The number of rotatable bonds is 7. The van der Waals surface area contributed by atoms with E-state index in [4.69, 9.17) is 5.26 Å². The normalized spacial score (nSPS) is 15.7. The lowest BCUT2D eigenvalue weighted by Gasteiger charge is -2.29. The van der Waals surface area contributed by atoms with Crippen LogP contribution in [0, 0.1) is 34.6 Å². The predicted octanol–water partition coefficient (Wildman–Crippen LogP) is 7.97. The molecule has 8 heteroatoms. The molecule has 1 unspecified atom stereocenters. The van der Waals surface area contributed by atoms with E-state index in [-0.39, 0.29) is 17.4 Å². The SMILES string of the molecule is C=CCC(C)c1cc(F)c(C(F)(F)Oc2cc(F)c(C#N)c(F)c2)c(F)c1C1CCCCC1. The lowest BCUT2D eigenvalue weighted by molar-refractivity contribution is -0.189. The highest BCUT2D eigenvalue weighted by Crippen LogP contribution is 2.44. The fourth-order valence-electron chi connectivity index (χ4n) is 4.42. The Morgan fingerprint density at radius 2 is 1.70 bits per heavy atom. The van der Waals surface area contributed by atoms with Gasteiger partial charge in [0.05, 0.1) is 0 Å². The molecule has 2 nitrogen and oxygen atoms in total. The van der Waals surface area contributed by atoms with Gasteiger partial charge in [-0.2, -0.15) is 14.0 Å². The van der Waals surface area contributed by atoms with Crippen LogP contribution in [-0.4, -0.2) is 0 Å². The molecule has 0 spiro atoms. The monoisotopic (exact) mass is 467 g/mol. The third-order valence-corrected chi connectivity index (χ3v) is 6.02. The van der Waals surface area contributed by atoms with E-state index in [9.17, 15) is 13.2 Å². The summed E-state index contributed by atoms with van der Waals surface area (Å²) in [7, 11) is 0. The Kier molecular flexibility index (Phi) is 7.41. The van der Waals surface area contributed by atoms with Gasteiger partial charge in [-0.1, -0.05) is 32.3 Å². The maximum atomic E-state index is 15.6. The summed E-state index contributed by atoms with van der Waals surface area (Å²) in [4.78, 5) is 0. The number of hydrogen-bond acceptors (Lipinski definition) is 2. The number of nitrogens with zero attached hydrogens (tertiary/aromatic N) is 1. The summed E-state index contributed by atoms with van der Waals surface area (Å²) in [5.74, 6) is -7.50. The molecule has 2 aromatic carbocycles. The molecule has 0 aromatic heterocycles. The summed E-state index contributed by atoms with van der Waals surface area (Å²) >= 11 is 0. The molecule has 33 heavy (non-hydrogen) atoms. The Bertz CT molecular complexity index is 1060. The molecular formula is C25H23F6NO. The maximum Gasteiger partial charge on any atom is 0.432 e. The van der Waals surface area contributed by atoms with Gasteiger partial charge in [0.2, 0.25) is 0 Å². The second kappa shape index (κ2) is 9.90. The van der Waals surface area contributed by atoms with Gasteiger partial charge in [-0.15, -0.1) is 6.58 Å². The van der Waals surface area contributed by atoms with E-state index in [0.717, 1.165) is 25.3 Å². The first-order chi connectivity index (χ1) is 15.6. The molecule has 3 rings (SSSR count). The van der Waals surface area contributed by atoms with Crippen molar-refractivity contribution < 1.29 is 31.1 Å². The fourth-order valence-corrected chi connectivity index (χ4v) is 4.42. The molecule has 0 bridgehead atoms. The van der Waals surface area contributed by atoms with Crippen LogP contribution in [0.5, 0.6) is 5.75 Å². The molecule has 1 aliphatic carbocycles. The van der Waals surface area contributed by atoms with Crippen LogP contribution in [0.4, 0.5) is 26.3 Å². The second-order valence-corrected chi connectivity index (χ2v) is 8.30. The second-order valence-electron chi connectivity index (χ2n) is 8.30. The predicted molar refractivity (Wildman–Crippen MR) is 111 cm³/mol. The summed E-state index contributed by atoms with van der Waals surface area (Å²) in [6.45, 7) is 5.37. The topological polar surface area (TPSA) is 33.0 Å². The molecule has 0 aliphatic heterocycles. The molecule has 1 aliphatic rings. The minimum absolute atomic E-state index is 0.0286. The van der Waals surface area contributed by atoms with Gasteiger partial charge in [0.1, 0.15) is 46.2 Å². The summed E-state index contributed by atoms with van der Waals surface area (Å²) < 4.78 is 92.6. The van der Waals surface area contributed by atoms with E-state index in [2.05, 4.69) is 11.3 Å². The Morgan fingerprint density at radius 1 is 1.09 bits per heavy atom. The first kappa shape index (κ1) is 24.7. The van der Waals surface area contributed by atoms with Crippen LogP contribution < -0.4 is 4.74 Å². The molecule has 2 aromatic rings. The summed E-state index contributed by atoms with van der Waals surface area (Å²) in [6, 6.07) is 2.89. The van der Waals surface area contributed by atoms with Gasteiger partial charge in [0.25, 0.3) is 0 Å². The van der Waals surface area contributed by atoms with Crippen molar-refractivity contribution in [2.75, 3.05) is 0 Å². The van der Waals surface area contributed by atoms with Gasteiger partial charge in [0, 0.05) is 12.1 Å². The zero-order valence-electron chi connectivity index (χ0n) is 18.0. The Labute approximate surface area is 188 Å². The zero-order chi connectivity index (χ0) is 24.3. The summed E-state index contributed by atoms with van der Waals surface area (Å²) in [5, 5.41) is 8.71.